The topological polar surface area (TPSA) is 111 Å². The fourth-order valence-electron chi connectivity index (χ4n) is 3.37. The number of nitrogens with zero attached hydrogens (tertiary/aromatic N) is 5. The lowest BCUT2D eigenvalue weighted by Gasteiger charge is -2.08. The van der Waals surface area contributed by atoms with Gasteiger partial charge in [0.2, 0.25) is 5.91 Å². The summed E-state index contributed by atoms with van der Waals surface area (Å²) in [7, 11) is 6.50. The standard InChI is InChI=1S/C22H28N6O4S2/c1-7-28-15(11-14-9-8-10-27(14)5)24-25-22(28)33-12-16(29)23-19-17(21(31)32-6)13(2)18(34-19)20(30)26(3)4/h8-10H,7,11-12H2,1-6H3,(H,23,29). The number of methoxy groups -OCH3 is 1. The van der Waals surface area contributed by atoms with Gasteiger partial charge in [-0.05, 0) is 31.5 Å². The summed E-state index contributed by atoms with van der Waals surface area (Å²) in [5.74, 6) is -0.290. The third-order valence-electron chi connectivity index (χ3n) is 5.22. The fourth-order valence-corrected chi connectivity index (χ4v) is 5.42. The number of aromatic nitrogens is 4. The lowest BCUT2D eigenvalue weighted by molar-refractivity contribution is -0.113. The molecule has 12 heteroatoms. The van der Waals surface area contributed by atoms with Gasteiger partial charge in [-0.1, -0.05) is 11.8 Å². The molecule has 3 aromatic heterocycles. The number of aryl methyl sites for hydroxylation is 1. The number of amides is 2. The van der Waals surface area contributed by atoms with Gasteiger partial charge < -0.3 is 24.1 Å². The number of thioether (sulfide) groups is 1. The molecule has 10 nitrogen and oxygen atoms in total. The third-order valence-corrected chi connectivity index (χ3v) is 7.38. The second kappa shape index (κ2) is 10.9. The van der Waals surface area contributed by atoms with Crippen molar-refractivity contribution >= 4 is 45.9 Å². The predicted molar refractivity (Wildman–Crippen MR) is 132 cm³/mol. The van der Waals surface area contributed by atoms with Crippen molar-refractivity contribution in [3.8, 4) is 0 Å². The highest BCUT2D eigenvalue weighted by molar-refractivity contribution is 7.99. The smallest absolute Gasteiger partial charge is 0.341 e. The predicted octanol–water partition coefficient (Wildman–Crippen LogP) is 2.82. The molecule has 2 amide bonds. The molecule has 0 radical (unpaired) electrons. The van der Waals surface area contributed by atoms with Gasteiger partial charge in [-0.2, -0.15) is 0 Å². The molecule has 0 aliphatic heterocycles. The average Bonchev–Trinajstić information content (AvgIpc) is 3.48. The number of carbonyl (C=O) groups is 3. The Bertz CT molecular complexity index is 1210. The van der Waals surface area contributed by atoms with E-state index in [-0.39, 0.29) is 23.1 Å². The molecule has 0 atom stereocenters. The van der Waals surface area contributed by atoms with Crippen LogP contribution in [0.3, 0.4) is 0 Å². The van der Waals surface area contributed by atoms with Gasteiger partial charge in [0, 0.05) is 46.0 Å². The van der Waals surface area contributed by atoms with Crippen molar-refractivity contribution in [2.45, 2.75) is 32.0 Å². The van der Waals surface area contributed by atoms with Crippen molar-refractivity contribution in [1.82, 2.24) is 24.2 Å². The first-order valence-electron chi connectivity index (χ1n) is 10.6. The quantitative estimate of drug-likeness (QED) is 0.352. The summed E-state index contributed by atoms with van der Waals surface area (Å²) < 4.78 is 8.88. The molecule has 0 saturated heterocycles. The normalized spacial score (nSPS) is 10.9. The van der Waals surface area contributed by atoms with Crippen LogP contribution in [0.2, 0.25) is 0 Å². The Labute approximate surface area is 206 Å². The first-order valence-corrected chi connectivity index (χ1v) is 12.4. The second-order valence-corrected chi connectivity index (χ2v) is 9.68. The molecule has 0 aliphatic rings. The number of rotatable bonds is 9. The second-order valence-electron chi connectivity index (χ2n) is 7.72. The number of carbonyl (C=O) groups excluding carboxylic acids is 3. The molecule has 0 fully saturated rings. The molecular formula is C22H28N6O4S2. The molecule has 0 spiro atoms. The number of ether oxygens (including phenoxy) is 1. The van der Waals surface area contributed by atoms with Crippen molar-refractivity contribution in [3.05, 3.63) is 45.9 Å². The summed E-state index contributed by atoms with van der Waals surface area (Å²) in [4.78, 5) is 39.4. The molecule has 3 rings (SSSR count). The number of hydrogen-bond donors (Lipinski definition) is 1. The van der Waals surface area contributed by atoms with Crippen LogP contribution in [-0.4, -0.2) is 69.0 Å². The minimum absolute atomic E-state index is 0.0663. The lowest BCUT2D eigenvalue weighted by Crippen LogP contribution is -2.21. The first kappa shape index (κ1) is 25.5. The van der Waals surface area contributed by atoms with Crippen LogP contribution in [0.4, 0.5) is 5.00 Å². The minimum Gasteiger partial charge on any atom is -0.465 e. The summed E-state index contributed by atoms with van der Waals surface area (Å²) in [5.41, 5.74) is 1.79. The van der Waals surface area contributed by atoms with Crippen molar-refractivity contribution in [2.24, 2.45) is 7.05 Å². The maximum absolute atomic E-state index is 12.7. The monoisotopic (exact) mass is 504 g/mol. The number of thiophene rings is 1. The van der Waals surface area contributed by atoms with E-state index in [1.165, 1.54) is 23.8 Å². The molecule has 0 aromatic carbocycles. The molecule has 3 heterocycles. The van der Waals surface area contributed by atoms with E-state index in [1.807, 2.05) is 41.4 Å². The Hall–Kier alpha value is -3.12. The minimum atomic E-state index is -0.606. The Balaban J connectivity index is 1.74. The molecular weight excluding hydrogens is 476 g/mol. The van der Waals surface area contributed by atoms with Gasteiger partial charge in [0.15, 0.2) is 5.16 Å². The summed E-state index contributed by atoms with van der Waals surface area (Å²) in [6.45, 7) is 4.34. The Morgan fingerprint density at radius 1 is 1.26 bits per heavy atom. The SMILES string of the molecule is CCn1c(Cc2cccn2C)nnc1SCC(=O)Nc1sc(C(=O)N(C)C)c(C)c1C(=O)OC. The van der Waals surface area contributed by atoms with Gasteiger partial charge in [-0.15, -0.1) is 21.5 Å². The molecule has 3 aromatic rings. The molecule has 1 N–H and O–H groups in total. The van der Waals surface area contributed by atoms with Crippen LogP contribution >= 0.6 is 23.1 Å². The van der Waals surface area contributed by atoms with E-state index < -0.39 is 5.97 Å². The Kier molecular flexibility index (Phi) is 8.15. The van der Waals surface area contributed by atoms with Crippen molar-refractivity contribution in [3.63, 3.8) is 0 Å². The number of hydrogen-bond acceptors (Lipinski definition) is 8. The maximum Gasteiger partial charge on any atom is 0.341 e. The van der Waals surface area contributed by atoms with Crippen LogP contribution in [0.1, 0.15) is 44.0 Å². The van der Waals surface area contributed by atoms with Gasteiger partial charge in [-0.3, -0.25) is 9.59 Å². The Morgan fingerprint density at radius 3 is 2.59 bits per heavy atom. The highest BCUT2D eigenvalue weighted by Gasteiger charge is 2.27. The molecule has 0 aliphatic carbocycles. The molecule has 0 unspecified atom stereocenters. The van der Waals surface area contributed by atoms with Gasteiger partial charge in [-0.25, -0.2) is 4.79 Å². The summed E-state index contributed by atoms with van der Waals surface area (Å²) in [6, 6.07) is 4.01. The maximum atomic E-state index is 12.7. The van der Waals surface area contributed by atoms with Gasteiger partial charge >= 0.3 is 5.97 Å². The van der Waals surface area contributed by atoms with Crippen molar-refractivity contribution < 1.29 is 19.1 Å². The zero-order valence-corrected chi connectivity index (χ0v) is 21.7. The lowest BCUT2D eigenvalue weighted by atomic mass is 10.1. The van der Waals surface area contributed by atoms with E-state index in [0.29, 0.717) is 33.6 Å². The van der Waals surface area contributed by atoms with Crippen LogP contribution in [0.15, 0.2) is 23.5 Å². The molecule has 34 heavy (non-hydrogen) atoms. The van der Waals surface area contributed by atoms with Crippen LogP contribution in [0.5, 0.6) is 0 Å². The van der Waals surface area contributed by atoms with Crippen molar-refractivity contribution in [1.29, 1.82) is 0 Å². The van der Waals surface area contributed by atoms with Gasteiger partial charge in [0.25, 0.3) is 5.91 Å². The van der Waals surface area contributed by atoms with Gasteiger partial charge in [0.05, 0.1) is 23.3 Å². The summed E-state index contributed by atoms with van der Waals surface area (Å²) >= 11 is 2.33. The average molecular weight is 505 g/mol. The van der Waals surface area contributed by atoms with E-state index >= 15 is 0 Å². The van der Waals surface area contributed by atoms with Crippen LogP contribution < -0.4 is 5.32 Å². The van der Waals surface area contributed by atoms with Crippen LogP contribution in [0.25, 0.3) is 0 Å². The van der Waals surface area contributed by atoms with E-state index in [2.05, 4.69) is 15.5 Å². The molecule has 182 valence electrons. The molecule has 0 saturated carbocycles. The van der Waals surface area contributed by atoms with E-state index in [4.69, 9.17) is 4.74 Å². The van der Waals surface area contributed by atoms with Crippen LogP contribution in [0, 0.1) is 6.92 Å². The van der Waals surface area contributed by atoms with E-state index in [9.17, 15) is 14.4 Å². The van der Waals surface area contributed by atoms with E-state index in [0.717, 1.165) is 22.9 Å². The fraction of sp³-hybridized carbons (Fsp3) is 0.409. The highest BCUT2D eigenvalue weighted by Crippen LogP contribution is 2.34. The van der Waals surface area contributed by atoms with Crippen molar-refractivity contribution in [2.75, 3.05) is 32.3 Å². The first-order chi connectivity index (χ1) is 16.2. The largest absolute Gasteiger partial charge is 0.465 e. The summed E-state index contributed by atoms with van der Waals surface area (Å²) in [5, 5.41) is 12.3. The number of esters is 1. The third kappa shape index (κ3) is 5.33. The van der Waals surface area contributed by atoms with Crippen LogP contribution in [-0.2, 0) is 29.5 Å². The summed E-state index contributed by atoms with van der Waals surface area (Å²) in [6.07, 6.45) is 2.62. The highest BCUT2D eigenvalue weighted by atomic mass is 32.2. The number of anilines is 1. The zero-order chi connectivity index (χ0) is 25.0. The van der Waals surface area contributed by atoms with E-state index in [1.54, 1.807) is 21.0 Å². The molecule has 0 bridgehead atoms. The zero-order valence-electron chi connectivity index (χ0n) is 20.0. The number of nitrogens with one attached hydrogen (secondary N) is 1. The van der Waals surface area contributed by atoms with Gasteiger partial charge in [0.1, 0.15) is 10.8 Å². The Morgan fingerprint density at radius 2 is 2.00 bits per heavy atom.